The molecule has 14 heteroatoms. The summed E-state index contributed by atoms with van der Waals surface area (Å²) < 4.78 is 47.6. The lowest BCUT2D eigenvalue weighted by Gasteiger charge is -2.35. The predicted octanol–water partition coefficient (Wildman–Crippen LogP) is 5.97. The van der Waals surface area contributed by atoms with Crippen molar-refractivity contribution >= 4 is 34.8 Å². The van der Waals surface area contributed by atoms with Crippen molar-refractivity contribution in [2.75, 3.05) is 54.8 Å². The SMILES string of the molecule is CC1CCCN(C2=CCCC(C(F)(F)F)=C(C(=O)Nc3ccc(N4CCN(C(=O)Nc5ccccc5N=O)CC4)nc3)O2)C1. The number of pyridine rings is 1. The predicted molar refractivity (Wildman–Crippen MR) is 159 cm³/mol. The van der Waals surface area contributed by atoms with E-state index in [1.165, 1.54) is 12.3 Å². The molecule has 4 heterocycles. The highest BCUT2D eigenvalue weighted by molar-refractivity contribution is 6.03. The molecule has 0 saturated carbocycles. The van der Waals surface area contributed by atoms with Crippen molar-refractivity contribution in [3.8, 4) is 0 Å². The summed E-state index contributed by atoms with van der Waals surface area (Å²) in [4.78, 5) is 46.7. The number of hydrogen-bond acceptors (Lipinski definition) is 8. The number of urea groups is 1. The van der Waals surface area contributed by atoms with Crippen LogP contribution in [0.15, 0.2) is 71.1 Å². The summed E-state index contributed by atoms with van der Waals surface area (Å²) in [7, 11) is 0. The minimum atomic E-state index is -4.72. The number of allylic oxidation sites excluding steroid dienone is 2. The summed E-state index contributed by atoms with van der Waals surface area (Å²) in [5.74, 6) is -0.496. The van der Waals surface area contributed by atoms with E-state index in [1.54, 1.807) is 41.3 Å². The first-order valence-corrected chi connectivity index (χ1v) is 14.6. The molecule has 11 nitrogen and oxygen atoms in total. The molecular weight excluding hydrogens is 579 g/mol. The lowest BCUT2D eigenvalue weighted by molar-refractivity contribution is -0.119. The van der Waals surface area contributed by atoms with Crippen molar-refractivity contribution in [1.29, 1.82) is 0 Å². The standard InChI is InChI=1S/C30H34F3N7O4/c1-20-6-5-13-40(19-20)26-10-4-7-22(30(31,32)33)27(44-26)28(41)35-21-11-12-25(34-18-21)38-14-16-39(17-15-38)29(42)36-23-8-2-3-9-24(23)37-43/h2-3,8-12,18,20H,4-7,13-17,19H2,1H3,(H,35,41)(H,36,42). The van der Waals surface area contributed by atoms with Crippen molar-refractivity contribution in [3.63, 3.8) is 0 Å². The van der Waals surface area contributed by atoms with Crippen LogP contribution in [-0.2, 0) is 9.53 Å². The van der Waals surface area contributed by atoms with E-state index in [9.17, 15) is 27.7 Å². The number of ether oxygens (including phenoxy) is 1. The fourth-order valence-corrected chi connectivity index (χ4v) is 5.53. The number of aromatic nitrogens is 1. The van der Waals surface area contributed by atoms with Gasteiger partial charge in [-0.05, 0) is 67.1 Å². The largest absolute Gasteiger partial charge is 0.435 e. The molecule has 0 bridgehead atoms. The van der Waals surface area contributed by atoms with Gasteiger partial charge in [-0.1, -0.05) is 19.1 Å². The molecular formula is C30H34F3N7O4. The summed E-state index contributed by atoms with van der Waals surface area (Å²) in [6.45, 7) is 5.11. The number of carbonyl (C=O) groups excluding carboxylic acids is 2. The number of nitroso groups, excluding NO2 is 1. The molecule has 0 radical (unpaired) electrons. The normalized spacial score (nSPS) is 19.5. The highest BCUT2D eigenvalue weighted by Crippen LogP contribution is 2.37. The van der Waals surface area contributed by atoms with E-state index < -0.39 is 23.4 Å². The highest BCUT2D eigenvalue weighted by atomic mass is 19.4. The second kappa shape index (κ2) is 13.3. The van der Waals surface area contributed by atoms with Gasteiger partial charge >= 0.3 is 12.2 Å². The van der Waals surface area contributed by atoms with Gasteiger partial charge in [0.25, 0.3) is 5.91 Å². The Hall–Kier alpha value is -4.62. The van der Waals surface area contributed by atoms with Gasteiger partial charge in [0, 0.05) is 39.3 Å². The van der Waals surface area contributed by atoms with Crippen LogP contribution in [0.25, 0.3) is 0 Å². The number of alkyl halides is 3. The Labute approximate surface area is 252 Å². The highest BCUT2D eigenvalue weighted by Gasteiger charge is 2.41. The van der Waals surface area contributed by atoms with E-state index in [1.807, 2.05) is 9.80 Å². The molecule has 2 N–H and O–H groups in total. The molecule has 44 heavy (non-hydrogen) atoms. The molecule has 3 aliphatic heterocycles. The molecule has 5 rings (SSSR count). The van der Waals surface area contributed by atoms with Crippen LogP contribution < -0.4 is 15.5 Å². The zero-order valence-electron chi connectivity index (χ0n) is 24.3. The van der Waals surface area contributed by atoms with Crippen molar-refractivity contribution in [1.82, 2.24) is 14.8 Å². The molecule has 1 aromatic carbocycles. The van der Waals surface area contributed by atoms with Crippen LogP contribution in [0.1, 0.15) is 32.6 Å². The van der Waals surface area contributed by atoms with Gasteiger partial charge < -0.3 is 30.1 Å². The third-order valence-corrected chi connectivity index (χ3v) is 7.85. The number of amides is 3. The monoisotopic (exact) mass is 613 g/mol. The number of likely N-dealkylation sites (tertiary alicyclic amines) is 1. The number of piperazine rings is 1. The third kappa shape index (κ3) is 7.29. The van der Waals surface area contributed by atoms with Crippen LogP contribution >= 0.6 is 0 Å². The van der Waals surface area contributed by atoms with Crippen molar-refractivity contribution in [2.45, 2.75) is 38.8 Å². The number of nitrogens with zero attached hydrogens (tertiary/aromatic N) is 5. The first-order valence-electron chi connectivity index (χ1n) is 14.6. The maximum absolute atomic E-state index is 14.0. The summed E-state index contributed by atoms with van der Waals surface area (Å²) in [5, 5.41) is 8.15. The molecule has 234 valence electrons. The third-order valence-electron chi connectivity index (χ3n) is 7.85. The van der Waals surface area contributed by atoms with Gasteiger partial charge in [-0.2, -0.15) is 13.2 Å². The molecule has 2 saturated heterocycles. The quantitative estimate of drug-likeness (QED) is 0.385. The van der Waals surface area contributed by atoms with Gasteiger partial charge in [0.05, 0.1) is 23.1 Å². The smallest absolute Gasteiger partial charge is 0.416 e. The lowest BCUT2D eigenvalue weighted by atomic mass is 10.0. The van der Waals surface area contributed by atoms with Gasteiger partial charge in [-0.3, -0.25) is 4.79 Å². The molecule has 3 amide bonds. The zero-order valence-corrected chi connectivity index (χ0v) is 24.3. The van der Waals surface area contributed by atoms with Gasteiger partial charge in [0.1, 0.15) is 11.5 Å². The molecule has 1 aromatic heterocycles. The van der Waals surface area contributed by atoms with Gasteiger partial charge in [0.2, 0.25) is 5.76 Å². The second-order valence-electron chi connectivity index (χ2n) is 11.1. The molecule has 3 aliphatic rings. The molecule has 0 aliphatic carbocycles. The van der Waals surface area contributed by atoms with E-state index in [-0.39, 0.29) is 36.1 Å². The second-order valence-corrected chi connectivity index (χ2v) is 11.1. The lowest BCUT2D eigenvalue weighted by Crippen LogP contribution is -2.50. The van der Waals surface area contributed by atoms with Gasteiger partial charge in [0.15, 0.2) is 5.88 Å². The molecule has 1 unspecified atom stereocenters. The van der Waals surface area contributed by atoms with Gasteiger partial charge in [-0.15, -0.1) is 4.91 Å². The number of anilines is 3. The molecule has 1 atom stereocenters. The minimum Gasteiger partial charge on any atom is -0.435 e. The fourth-order valence-electron chi connectivity index (χ4n) is 5.53. The maximum atomic E-state index is 14.0. The number of benzene rings is 1. The summed E-state index contributed by atoms with van der Waals surface area (Å²) in [6, 6.07) is 9.33. The number of halogens is 3. The average molecular weight is 614 g/mol. The number of hydrogen-bond donors (Lipinski definition) is 2. The summed E-state index contributed by atoms with van der Waals surface area (Å²) >= 11 is 0. The summed E-state index contributed by atoms with van der Waals surface area (Å²) in [6.07, 6.45) is -0.0339. The number of para-hydroxylation sites is 1. The molecule has 0 spiro atoms. The minimum absolute atomic E-state index is 0.111. The Bertz CT molecular complexity index is 1440. The van der Waals surface area contributed by atoms with Crippen LogP contribution in [0.2, 0.25) is 0 Å². The summed E-state index contributed by atoms with van der Waals surface area (Å²) in [5.41, 5.74) is -0.308. The van der Waals surface area contributed by atoms with E-state index in [0.717, 1.165) is 12.8 Å². The molecule has 2 fully saturated rings. The Morgan fingerprint density at radius 1 is 1.02 bits per heavy atom. The van der Waals surface area contributed by atoms with Crippen LogP contribution in [0.3, 0.4) is 0 Å². The topological polar surface area (TPSA) is 119 Å². The van der Waals surface area contributed by atoms with Crippen LogP contribution in [0.4, 0.5) is 40.8 Å². The first-order chi connectivity index (χ1) is 21.1. The van der Waals surface area contributed by atoms with Crippen molar-refractivity contribution in [3.05, 3.63) is 70.8 Å². The molecule has 2 aromatic rings. The number of nitrogens with one attached hydrogen (secondary N) is 2. The number of carbonyl (C=O) groups is 2. The van der Waals surface area contributed by atoms with E-state index in [2.05, 4.69) is 27.7 Å². The fraction of sp³-hybridized carbons (Fsp3) is 0.433. The van der Waals surface area contributed by atoms with Gasteiger partial charge in [-0.25, -0.2) is 9.78 Å². The Kier molecular flexibility index (Phi) is 9.35. The Morgan fingerprint density at radius 3 is 2.48 bits per heavy atom. The van der Waals surface area contributed by atoms with E-state index in [0.29, 0.717) is 56.7 Å². The van der Waals surface area contributed by atoms with E-state index in [4.69, 9.17) is 4.74 Å². The van der Waals surface area contributed by atoms with Crippen molar-refractivity contribution < 1.29 is 27.5 Å². The maximum Gasteiger partial charge on any atom is 0.416 e. The van der Waals surface area contributed by atoms with Crippen LogP contribution in [-0.4, -0.2) is 72.2 Å². The van der Waals surface area contributed by atoms with E-state index >= 15 is 0 Å². The van der Waals surface area contributed by atoms with Crippen LogP contribution in [0, 0.1) is 10.8 Å². The number of rotatable bonds is 6. The van der Waals surface area contributed by atoms with Crippen molar-refractivity contribution in [2.24, 2.45) is 11.1 Å². The Morgan fingerprint density at radius 2 is 1.80 bits per heavy atom. The number of piperidine rings is 1. The zero-order chi connectivity index (χ0) is 31.3. The van der Waals surface area contributed by atoms with Crippen LogP contribution in [0.5, 0.6) is 0 Å². The average Bonchev–Trinajstić information content (AvgIpc) is 3.26. The Balaban J connectivity index is 1.20. The first kappa shape index (κ1) is 30.8.